The van der Waals surface area contributed by atoms with Gasteiger partial charge in [-0.15, -0.1) is 11.8 Å². The Labute approximate surface area is 120 Å². The molecule has 1 aliphatic heterocycles. The molecule has 2 aliphatic rings. The lowest BCUT2D eigenvalue weighted by Gasteiger charge is -2.37. The van der Waals surface area contributed by atoms with Crippen LogP contribution < -0.4 is 0 Å². The van der Waals surface area contributed by atoms with Gasteiger partial charge in [0.15, 0.2) is 0 Å². The number of thioether (sulfide) groups is 1. The smallest absolute Gasteiger partial charge is 0.212 e. The molecule has 1 aliphatic carbocycles. The van der Waals surface area contributed by atoms with Crippen LogP contribution in [0.4, 0.5) is 0 Å². The van der Waals surface area contributed by atoms with E-state index in [-0.39, 0.29) is 10.00 Å². The summed E-state index contributed by atoms with van der Waals surface area (Å²) in [7, 11) is -3.14. The Balaban J connectivity index is 2.02. The van der Waals surface area contributed by atoms with E-state index in [2.05, 4.69) is 6.07 Å². The van der Waals surface area contributed by atoms with Gasteiger partial charge in [-0.1, -0.05) is 19.3 Å². The molecule has 0 N–H and O–H groups in total. The molecule has 0 atom stereocenters. The first-order valence-electron chi connectivity index (χ1n) is 6.99. The van der Waals surface area contributed by atoms with Gasteiger partial charge in [0.2, 0.25) is 10.0 Å². The lowest BCUT2D eigenvalue weighted by Crippen LogP contribution is -2.47. The van der Waals surface area contributed by atoms with E-state index in [1.807, 2.05) is 6.26 Å². The lowest BCUT2D eigenvalue weighted by molar-refractivity contribution is 0.318. The van der Waals surface area contributed by atoms with Crippen LogP contribution in [0.2, 0.25) is 0 Å². The zero-order chi connectivity index (χ0) is 13.9. The van der Waals surface area contributed by atoms with E-state index in [1.54, 1.807) is 16.1 Å². The fourth-order valence-electron chi connectivity index (χ4n) is 3.04. The zero-order valence-corrected chi connectivity index (χ0v) is 13.1. The van der Waals surface area contributed by atoms with Crippen molar-refractivity contribution in [2.75, 3.05) is 19.3 Å². The first-order chi connectivity index (χ1) is 9.04. The van der Waals surface area contributed by atoms with Gasteiger partial charge in [-0.05, 0) is 31.9 Å². The number of nitrogens with zero attached hydrogens (tertiary/aromatic N) is 2. The Morgan fingerprint density at radius 3 is 2.26 bits per heavy atom. The lowest BCUT2D eigenvalue weighted by atomic mass is 9.99. The molecule has 108 valence electrons. The largest absolute Gasteiger partial charge is 0.216 e. The molecule has 1 saturated carbocycles. The number of piperidine rings is 1. The summed E-state index contributed by atoms with van der Waals surface area (Å²) in [6, 6.07) is 2.36. The highest BCUT2D eigenvalue weighted by atomic mass is 32.2. The van der Waals surface area contributed by atoms with Gasteiger partial charge in [0, 0.05) is 13.1 Å². The standard InChI is InChI=1S/C13H22N2O2S2/c1-18-13(11-14)7-9-15(10-8-13)19(16,17)12-5-3-2-4-6-12/h12H,2-10H2,1H3. The van der Waals surface area contributed by atoms with Gasteiger partial charge < -0.3 is 0 Å². The molecule has 6 heteroatoms. The van der Waals surface area contributed by atoms with Crippen molar-refractivity contribution in [3.8, 4) is 6.07 Å². The van der Waals surface area contributed by atoms with Crippen LogP contribution in [0.25, 0.3) is 0 Å². The summed E-state index contributed by atoms with van der Waals surface area (Å²) in [6.45, 7) is 1.01. The van der Waals surface area contributed by atoms with E-state index in [0.29, 0.717) is 25.9 Å². The predicted octanol–water partition coefficient (Wildman–Crippen LogP) is 2.37. The highest BCUT2D eigenvalue weighted by molar-refractivity contribution is 8.00. The molecule has 19 heavy (non-hydrogen) atoms. The molecular formula is C13H22N2O2S2. The van der Waals surface area contributed by atoms with Crippen molar-refractivity contribution in [3.63, 3.8) is 0 Å². The Hall–Kier alpha value is -0.250. The second-order valence-electron chi connectivity index (χ2n) is 5.51. The molecule has 2 fully saturated rings. The molecule has 0 radical (unpaired) electrons. The van der Waals surface area contributed by atoms with Gasteiger partial charge in [-0.25, -0.2) is 12.7 Å². The Bertz CT molecular complexity index is 442. The highest BCUT2D eigenvalue weighted by Crippen LogP contribution is 2.36. The molecule has 0 aromatic rings. The third kappa shape index (κ3) is 3.09. The minimum absolute atomic E-state index is 0.176. The van der Waals surface area contributed by atoms with Crippen LogP contribution in [0.1, 0.15) is 44.9 Å². The monoisotopic (exact) mass is 302 g/mol. The molecule has 0 bridgehead atoms. The Kier molecular flexibility index (Phi) is 4.80. The molecule has 1 saturated heterocycles. The third-order valence-corrected chi connectivity index (χ3v) is 8.14. The van der Waals surface area contributed by atoms with Crippen LogP contribution >= 0.6 is 11.8 Å². The van der Waals surface area contributed by atoms with Crippen molar-refractivity contribution in [1.29, 1.82) is 5.26 Å². The maximum absolute atomic E-state index is 12.6. The average molecular weight is 302 g/mol. The molecule has 0 spiro atoms. The minimum Gasteiger partial charge on any atom is -0.212 e. The summed E-state index contributed by atoms with van der Waals surface area (Å²) >= 11 is 1.56. The minimum atomic E-state index is -3.14. The van der Waals surface area contributed by atoms with Crippen molar-refractivity contribution in [3.05, 3.63) is 0 Å². The average Bonchev–Trinajstić information content (AvgIpc) is 2.48. The van der Waals surface area contributed by atoms with Crippen molar-refractivity contribution in [2.45, 2.75) is 54.9 Å². The second kappa shape index (κ2) is 6.02. The molecule has 0 unspecified atom stereocenters. The molecule has 2 rings (SSSR count). The maximum atomic E-state index is 12.6. The number of hydrogen-bond acceptors (Lipinski definition) is 4. The highest BCUT2D eigenvalue weighted by Gasteiger charge is 2.40. The first kappa shape index (κ1) is 15.1. The van der Waals surface area contributed by atoms with E-state index in [0.717, 1.165) is 32.1 Å². The van der Waals surface area contributed by atoms with E-state index >= 15 is 0 Å². The fraction of sp³-hybridized carbons (Fsp3) is 0.923. The third-order valence-electron chi connectivity index (χ3n) is 4.46. The summed E-state index contributed by atoms with van der Waals surface area (Å²) in [5, 5.41) is 9.06. The van der Waals surface area contributed by atoms with Crippen molar-refractivity contribution >= 4 is 21.8 Å². The van der Waals surface area contributed by atoms with Crippen LogP contribution in [-0.4, -0.2) is 42.1 Å². The van der Waals surface area contributed by atoms with E-state index in [9.17, 15) is 13.7 Å². The molecule has 0 aromatic carbocycles. The first-order valence-corrected chi connectivity index (χ1v) is 9.72. The van der Waals surface area contributed by atoms with Crippen LogP contribution in [0, 0.1) is 11.3 Å². The Morgan fingerprint density at radius 1 is 1.21 bits per heavy atom. The molecule has 1 heterocycles. The summed E-state index contributed by atoms with van der Waals surface area (Å²) in [6.07, 6.45) is 8.09. The molecule has 0 aromatic heterocycles. The van der Waals surface area contributed by atoms with Gasteiger partial charge in [0.05, 0.1) is 11.3 Å². The molecule has 4 nitrogen and oxygen atoms in total. The Morgan fingerprint density at radius 2 is 1.79 bits per heavy atom. The van der Waals surface area contributed by atoms with Gasteiger partial charge in [0.25, 0.3) is 0 Å². The van der Waals surface area contributed by atoms with Crippen molar-refractivity contribution in [1.82, 2.24) is 4.31 Å². The van der Waals surface area contributed by atoms with Gasteiger partial charge in [-0.2, -0.15) is 5.26 Å². The number of rotatable bonds is 3. The van der Waals surface area contributed by atoms with Crippen LogP contribution in [-0.2, 0) is 10.0 Å². The van der Waals surface area contributed by atoms with Crippen molar-refractivity contribution < 1.29 is 8.42 Å². The SMILES string of the molecule is CSC1(C#N)CCN(S(=O)(=O)C2CCCCC2)CC1. The van der Waals surface area contributed by atoms with Gasteiger partial charge in [0.1, 0.15) is 4.75 Å². The predicted molar refractivity (Wildman–Crippen MR) is 78.5 cm³/mol. The zero-order valence-electron chi connectivity index (χ0n) is 11.5. The summed E-state index contributed by atoms with van der Waals surface area (Å²) in [5.74, 6) is 0. The number of nitriles is 1. The maximum Gasteiger partial charge on any atom is 0.216 e. The second-order valence-corrected chi connectivity index (χ2v) is 8.92. The molecular weight excluding hydrogens is 280 g/mol. The van der Waals surface area contributed by atoms with E-state index in [4.69, 9.17) is 0 Å². The fourth-order valence-corrected chi connectivity index (χ4v) is 5.76. The van der Waals surface area contributed by atoms with Gasteiger partial charge in [-0.3, -0.25) is 0 Å². The number of sulfonamides is 1. The van der Waals surface area contributed by atoms with Crippen molar-refractivity contribution in [2.24, 2.45) is 0 Å². The number of hydrogen-bond donors (Lipinski definition) is 0. The molecule has 0 amide bonds. The normalized spacial score (nSPS) is 25.9. The summed E-state index contributed by atoms with van der Waals surface area (Å²) in [4.78, 5) is 0. The quantitative estimate of drug-likeness (QED) is 0.803. The van der Waals surface area contributed by atoms with Crippen LogP contribution in [0.5, 0.6) is 0 Å². The van der Waals surface area contributed by atoms with E-state index in [1.165, 1.54) is 0 Å². The summed E-state index contributed by atoms with van der Waals surface area (Å²) in [5.41, 5.74) is 0. The summed E-state index contributed by atoms with van der Waals surface area (Å²) < 4.78 is 26.4. The van der Waals surface area contributed by atoms with Gasteiger partial charge >= 0.3 is 0 Å². The topological polar surface area (TPSA) is 61.2 Å². The van der Waals surface area contributed by atoms with Crippen LogP contribution in [0.15, 0.2) is 0 Å². The van der Waals surface area contributed by atoms with E-state index < -0.39 is 10.0 Å². The van der Waals surface area contributed by atoms with Crippen LogP contribution in [0.3, 0.4) is 0 Å².